The van der Waals surface area contributed by atoms with E-state index in [1.165, 1.54) is 11.1 Å². The summed E-state index contributed by atoms with van der Waals surface area (Å²) in [6, 6.07) is 20.2. The number of nitrogens with one attached hydrogen (secondary N) is 1. The Morgan fingerprint density at radius 3 is 2.50 bits per heavy atom. The SMILES string of the molecule is Cc1c(C#Cc2ccc(CNCCO)nn2)cccc1-c1ccccc1. The molecule has 0 radical (unpaired) electrons. The van der Waals surface area contributed by atoms with Crippen LogP contribution in [0.5, 0.6) is 0 Å². The minimum absolute atomic E-state index is 0.110. The average Bonchev–Trinajstić information content (AvgIpc) is 2.69. The van der Waals surface area contributed by atoms with Crippen molar-refractivity contribution >= 4 is 0 Å². The summed E-state index contributed by atoms with van der Waals surface area (Å²) in [5.74, 6) is 6.30. The summed E-state index contributed by atoms with van der Waals surface area (Å²) in [6.45, 7) is 3.33. The predicted molar refractivity (Wildman–Crippen MR) is 103 cm³/mol. The minimum Gasteiger partial charge on any atom is -0.395 e. The molecule has 130 valence electrons. The van der Waals surface area contributed by atoms with E-state index in [4.69, 9.17) is 5.11 Å². The highest BCUT2D eigenvalue weighted by molar-refractivity contribution is 5.70. The lowest BCUT2D eigenvalue weighted by molar-refractivity contribution is 0.291. The second-order valence-electron chi connectivity index (χ2n) is 5.90. The zero-order chi connectivity index (χ0) is 18.2. The largest absolute Gasteiger partial charge is 0.395 e. The first-order valence-electron chi connectivity index (χ1n) is 8.59. The number of benzene rings is 2. The van der Waals surface area contributed by atoms with Gasteiger partial charge in [0.25, 0.3) is 0 Å². The van der Waals surface area contributed by atoms with Crippen LogP contribution in [0.4, 0.5) is 0 Å². The highest BCUT2D eigenvalue weighted by atomic mass is 16.3. The van der Waals surface area contributed by atoms with Crippen molar-refractivity contribution in [3.8, 4) is 23.0 Å². The molecule has 0 aliphatic heterocycles. The topological polar surface area (TPSA) is 58.0 Å². The fraction of sp³-hybridized carbons (Fsp3) is 0.182. The van der Waals surface area contributed by atoms with Crippen LogP contribution in [-0.2, 0) is 6.54 Å². The lowest BCUT2D eigenvalue weighted by Crippen LogP contribution is -2.18. The van der Waals surface area contributed by atoms with Crippen molar-refractivity contribution in [1.82, 2.24) is 15.5 Å². The van der Waals surface area contributed by atoms with Crippen molar-refractivity contribution in [1.29, 1.82) is 0 Å². The molecule has 3 aromatic rings. The van der Waals surface area contributed by atoms with Gasteiger partial charge >= 0.3 is 0 Å². The van der Waals surface area contributed by atoms with Gasteiger partial charge in [-0.05, 0) is 47.7 Å². The van der Waals surface area contributed by atoms with E-state index in [1.54, 1.807) is 0 Å². The Bertz CT molecular complexity index is 910. The van der Waals surface area contributed by atoms with Gasteiger partial charge in [0.1, 0.15) is 5.69 Å². The molecule has 1 heterocycles. The van der Waals surface area contributed by atoms with Crippen molar-refractivity contribution in [2.24, 2.45) is 0 Å². The van der Waals surface area contributed by atoms with Gasteiger partial charge in [0, 0.05) is 18.7 Å². The Kier molecular flexibility index (Phi) is 6.10. The third kappa shape index (κ3) is 4.54. The maximum absolute atomic E-state index is 8.76. The van der Waals surface area contributed by atoms with Gasteiger partial charge in [0.05, 0.1) is 12.3 Å². The molecule has 2 aromatic carbocycles. The fourth-order valence-electron chi connectivity index (χ4n) is 2.65. The number of aliphatic hydroxyl groups excluding tert-OH is 1. The van der Waals surface area contributed by atoms with Crippen molar-refractivity contribution in [3.05, 3.63) is 83.2 Å². The van der Waals surface area contributed by atoms with Crippen LogP contribution >= 0.6 is 0 Å². The van der Waals surface area contributed by atoms with Crippen LogP contribution in [0.1, 0.15) is 22.5 Å². The molecule has 0 amide bonds. The molecule has 4 nitrogen and oxygen atoms in total. The molecule has 0 bridgehead atoms. The Morgan fingerprint density at radius 1 is 0.923 bits per heavy atom. The lowest BCUT2D eigenvalue weighted by atomic mass is 9.97. The maximum atomic E-state index is 8.76. The Labute approximate surface area is 153 Å². The van der Waals surface area contributed by atoms with Gasteiger partial charge in [-0.1, -0.05) is 48.4 Å². The molecule has 0 unspecified atom stereocenters. The second kappa shape index (κ2) is 8.91. The number of aromatic nitrogens is 2. The van der Waals surface area contributed by atoms with Crippen LogP contribution in [0.3, 0.4) is 0 Å². The molecular formula is C22H21N3O. The first-order valence-corrected chi connectivity index (χ1v) is 8.59. The molecular weight excluding hydrogens is 322 g/mol. The van der Waals surface area contributed by atoms with Crippen LogP contribution in [-0.4, -0.2) is 28.5 Å². The van der Waals surface area contributed by atoms with E-state index in [0.717, 1.165) is 16.8 Å². The zero-order valence-corrected chi connectivity index (χ0v) is 14.7. The Balaban J connectivity index is 1.78. The maximum Gasteiger partial charge on any atom is 0.136 e. The van der Waals surface area contributed by atoms with Gasteiger partial charge in [0.15, 0.2) is 0 Å². The summed E-state index contributed by atoms with van der Waals surface area (Å²) in [6.07, 6.45) is 0. The van der Waals surface area contributed by atoms with Gasteiger partial charge in [-0.2, -0.15) is 5.10 Å². The molecule has 0 saturated heterocycles. The highest BCUT2D eigenvalue weighted by Gasteiger charge is 2.04. The molecule has 1 aromatic heterocycles. The van der Waals surface area contributed by atoms with Gasteiger partial charge in [0.2, 0.25) is 0 Å². The summed E-state index contributed by atoms with van der Waals surface area (Å²) in [7, 11) is 0. The normalized spacial score (nSPS) is 10.2. The summed E-state index contributed by atoms with van der Waals surface area (Å²) >= 11 is 0. The molecule has 3 rings (SSSR count). The second-order valence-corrected chi connectivity index (χ2v) is 5.90. The van der Waals surface area contributed by atoms with E-state index >= 15 is 0 Å². The Morgan fingerprint density at radius 2 is 1.77 bits per heavy atom. The molecule has 0 fully saturated rings. The third-order valence-electron chi connectivity index (χ3n) is 4.06. The minimum atomic E-state index is 0.110. The average molecular weight is 343 g/mol. The monoisotopic (exact) mass is 343 g/mol. The summed E-state index contributed by atoms with van der Waals surface area (Å²) in [4.78, 5) is 0. The number of aliphatic hydroxyl groups is 1. The number of hydrogen-bond acceptors (Lipinski definition) is 4. The zero-order valence-electron chi connectivity index (χ0n) is 14.7. The number of rotatable bonds is 5. The van der Waals surface area contributed by atoms with E-state index < -0.39 is 0 Å². The van der Waals surface area contributed by atoms with Crippen molar-refractivity contribution < 1.29 is 5.11 Å². The van der Waals surface area contributed by atoms with Crippen molar-refractivity contribution in [2.75, 3.05) is 13.2 Å². The molecule has 0 atom stereocenters. The Hall–Kier alpha value is -3.00. The van der Waals surface area contributed by atoms with E-state index in [2.05, 4.69) is 52.5 Å². The van der Waals surface area contributed by atoms with Gasteiger partial charge in [-0.15, -0.1) is 5.10 Å². The smallest absolute Gasteiger partial charge is 0.136 e. The van der Waals surface area contributed by atoms with E-state index in [9.17, 15) is 0 Å². The molecule has 4 heteroatoms. The summed E-state index contributed by atoms with van der Waals surface area (Å²) in [5, 5.41) is 20.1. The highest BCUT2D eigenvalue weighted by Crippen LogP contribution is 2.25. The molecule has 0 saturated carbocycles. The number of nitrogens with zero attached hydrogens (tertiary/aromatic N) is 2. The number of hydrogen-bond donors (Lipinski definition) is 2. The van der Waals surface area contributed by atoms with Crippen molar-refractivity contribution in [3.63, 3.8) is 0 Å². The van der Waals surface area contributed by atoms with E-state index in [1.807, 2.05) is 42.5 Å². The van der Waals surface area contributed by atoms with Crippen LogP contribution in [0.15, 0.2) is 60.7 Å². The molecule has 2 N–H and O–H groups in total. The molecule has 0 spiro atoms. The van der Waals surface area contributed by atoms with E-state index in [0.29, 0.717) is 18.8 Å². The quantitative estimate of drug-likeness (QED) is 0.552. The standard InChI is InChI=1S/C22H21N3O/c1-17-18(8-5-9-22(17)19-6-3-2-4-7-19)10-11-20-12-13-21(25-24-20)16-23-14-15-26/h2-9,12-13,23,26H,14-16H2,1H3. The van der Waals surface area contributed by atoms with Gasteiger partial charge in [-0.25, -0.2) is 0 Å². The van der Waals surface area contributed by atoms with Crippen molar-refractivity contribution in [2.45, 2.75) is 13.5 Å². The van der Waals surface area contributed by atoms with E-state index in [-0.39, 0.29) is 6.61 Å². The van der Waals surface area contributed by atoms with Gasteiger partial charge in [-0.3, -0.25) is 0 Å². The predicted octanol–water partition coefficient (Wildman–Crippen LogP) is 2.93. The first kappa shape index (κ1) is 17.8. The summed E-state index contributed by atoms with van der Waals surface area (Å²) < 4.78 is 0. The van der Waals surface area contributed by atoms with Gasteiger partial charge < -0.3 is 10.4 Å². The van der Waals surface area contributed by atoms with Crippen LogP contribution in [0.2, 0.25) is 0 Å². The molecule has 0 aliphatic rings. The van der Waals surface area contributed by atoms with Crippen LogP contribution in [0.25, 0.3) is 11.1 Å². The fourth-order valence-corrected chi connectivity index (χ4v) is 2.65. The third-order valence-corrected chi connectivity index (χ3v) is 4.06. The van der Waals surface area contributed by atoms with Crippen LogP contribution < -0.4 is 5.32 Å². The van der Waals surface area contributed by atoms with Crippen LogP contribution in [0, 0.1) is 18.8 Å². The molecule has 26 heavy (non-hydrogen) atoms. The first-order chi connectivity index (χ1) is 12.8. The summed E-state index contributed by atoms with van der Waals surface area (Å²) in [5.41, 5.74) is 5.99. The molecule has 0 aliphatic carbocycles. The lowest BCUT2D eigenvalue weighted by Gasteiger charge is -2.07.